The molecule has 0 bridgehead atoms. The highest BCUT2D eigenvalue weighted by atomic mass is 16.6. The fraction of sp³-hybridized carbons (Fsp3) is 0.299. The molecule has 12 rings (SSSR count). The van der Waals surface area contributed by atoms with Crippen molar-refractivity contribution < 1.29 is 73.6 Å². The molecule has 3 saturated carbocycles. The monoisotopic (exact) mass is 1280 g/mol. The number of aromatic nitrogens is 2. The Bertz CT molecular complexity index is 4140. The van der Waals surface area contributed by atoms with Crippen molar-refractivity contribution in [2.24, 2.45) is 34.0 Å². The van der Waals surface area contributed by atoms with E-state index in [4.69, 9.17) is 43.1 Å². The van der Waals surface area contributed by atoms with Crippen molar-refractivity contribution in [3.8, 4) is 39.8 Å². The summed E-state index contributed by atoms with van der Waals surface area (Å²) in [6.07, 6.45) is 2.35. The van der Waals surface area contributed by atoms with Gasteiger partial charge in [-0.2, -0.15) is 0 Å². The van der Waals surface area contributed by atoms with E-state index in [9.17, 15) is 39.0 Å². The molecule has 7 aromatic carbocycles. The van der Waals surface area contributed by atoms with Crippen LogP contribution in [0.3, 0.4) is 0 Å². The number of aliphatic carboxylic acids is 1. The number of carboxylic acids is 1. The van der Waals surface area contributed by atoms with Crippen LogP contribution in [0.2, 0.25) is 0 Å². The normalized spacial score (nSPS) is 19.2. The summed E-state index contributed by atoms with van der Waals surface area (Å²) in [5, 5.41) is 20.8. The largest absolute Gasteiger partial charge is 0.508 e. The van der Waals surface area contributed by atoms with E-state index in [1.807, 2.05) is 152 Å². The van der Waals surface area contributed by atoms with E-state index in [1.165, 1.54) is 14.2 Å². The van der Waals surface area contributed by atoms with Crippen LogP contribution in [0.25, 0.3) is 44.3 Å². The van der Waals surface area contributed by atoms with Gasteiger partial charge in [-0.1, -0.05) is 141 Å². The van der Waals surface area contributed by atoms with Crippen LogP contribution in [0, 0.1) is 34.0 Å². The number of ether oxygens (including phenoxy) is 7. The first kappa shape index (κ1) is 70.5. The summed E-state index contributed by atoms with van der Waals surface area (Å²) in [6.45, 7) is 6.78. The number of rotatable bonds is 23. The lowest BCUT2D eigenvalue weighted by atomic mass is 9.93. The summed E-state index contributed by atoms with van der Waals surface area (Å²) in [4.78, 5) is 82.3. The third-order valence-corrected chi connectivity index (χ3v) is 17.4. The molecule has 17 nitrogen and oxygen atoms in total. The quantitative estimate of drug-likeness (QED) is 0.0344. The number of methoxy groups -OCH3 is 2. The zero-order chi connectivity index (χ0) is 65.7. The van der Waals surface area contributed by atoms with Gasteiger partial charge in [0.15, 0.2) is 0 Å². The van der Waals surface area contributed by atoms with Crippen LogP contribution in [0.4, 0.5) is 0 Å². The zero-order valence-corrected chi connectivity index (χ0v) is 53.2. The van der Waals surface area contributed by atoms with Crippen LogP contribution in [0.1, 0.15) is 76.7 Å². The number of hydrogen-bond acceptors (Lipinski definition) is 16. The van der Waals surface area contributed by atoms with Gasteiger partial charge in [-0.05, 0) is 137 Å². The minimum Gasteiger partial charge on any atom is -0.508 e. The molecule has 3 aliphatic rings. The molecule has 3 aliphatic carbocycles. The lowest BCUT2D eigenvalue weighted by Gasteiger charge is -2.16. The van der Waals surface area contributed by atoms with Crippen molar-refractivity contribution in [3.05, 3.63) is 222 Å². The first-order valence-electron chi connectivity index (χ1n) is 31.1. The number of carbonyl (C=O) groups is 6. The van der Waals surface area contributed by atoms with E-state index in [0.29, 0.717) is 57.5 Å². The lowest BCUT2D eigenvalue weighted by Crippen LogP contribution is -2.26. The van der Waals surface area contributed by atoms with Gasteiger partial charge in [-0.25, -0.2) is 9.97 Å². The Morgan fingerprint density at radius 2 is 0.789 bits per heavy atom. The van der Waals surface area contributed by atoms with Crippen LogP contribution in [0.5, 0.6) is 17.2 Å². The van der Waals surface area contributed by atoms with E-state index < -0.39 is 45.9 Å². The highest BCUT2D eigenvalue weighted by Gasteiger charge is 2.67. The molecule has 0 aliphatic heterocycles. The Labute approximate surface area is 556 Å². The number of phenolic OH excluding ortho intramolecular Hbond substituents is 1. The van der Waals surface area contributed by atoms with Crippen LogP contribution in [0.15, 0.2) is 194 Å². The van der Waals surface area contributed by atoms with Crippen LogP contribution in [-0.2, 0) is 84.9 Å². The molecule has 2 heterocycles. The number of phenols is 1. The number of carbonyl (C=O) groups excluding carboxylic acids is 5. The van der Waals surface area contributed by atoms with Gasteiger partial charge in [-0.15, -0.1) is 0 Å². The molecule has 95 heavy (non-hydrogen) atoms. The van der Waals surface area contributed by atoms with Gasteiger partial charge in [0.2, 0.25) is 0 Å². The molecular weight excluding hydrogens is 1200 g/mol. The fourth-order valence-corrected chi connectivity index (χ4v) is 12.1. The second kappa shape index (κ2) is 31.5. The number of carboxylic acid groups (broad SMARTS) is 1. The third kappa shape index (κ3) is 16.4. The predicted octanol–water partition coefficient (Wildman–Crippen LogP) is 13.6. The smallest absolute Gasteiger partial charge is 0.313 e. The van der Waals surface area contributed by atoms with Crippen molar-refractivity contribution in [3.63, 3.8) is 0 Å². The molecule has 3 radical (unpaired) electrons. The first-order chi connectivity index (χ1) is 45.1. The molecule has 2 N–H and O–H groups in total. The summed E-state index contributed by atoms with van der Waals surface area (Å²) >= 11 is 0. The summed E-state index contributed by atoms with van der Waals surface area (Å²) < 4.78 is 37.4. The highest BCUT2D eigenvalue weighted by Crippen LogP contribution is 2.58. The minimum absolute atomic E-state index is 0. The fourth-order valence-electron chi connectivity index (χ4n) is 12.1. The van der Waals surface area contributed by atoms with Gasteiger partial charge < -0.3 is 43.4 Å². The average Bonchev–Trinajstić information content (AvgIpc) is 1.59. The molecule has 18 heteroatoms. The molecule has 2 aromatic heterocycles. The number of hydrogen-bond donors (Lipinski definition) is 2. The van der Waals surface area contributed by atoms with E-state index >= 15 is 0 Å². The Kier molecular flexibility index (Phi) is 23.4. The molecule has 0 saturated heterocycles. The van der Waals surface area contributed by atoms with Crippen molar-refractivity contribution in [1.82, 2.24) is 9.97 Å². The predicted molar refractivity (Wildman–Crippen MR) is 363 cm³/mol. The van der Waals surface area contributed by atoms with Gasteiger partial charge in [0, 0.05) is 42.9 Å². The average molecular weight is 1290 g/mol. The van der Waals surface area contributed by atoms with E-state index in [1.54, 1.807) is 45.0 Å². The molecule has 9 aromatic rings. The van der Waals surface area contributed by atoms with E-state index in [-0.39, 0.29) is 66.7 Å². The number of para-hydroxylation sites is 2. The highest BCUT2D eigenvalue weighted by molar-refractivity contribution is 5.93. The molecule has 0 amide bonds. The van der Waals surface area contributed by atoms with Crippen LogP contribution >= 0.6 is 0 Å². The molecule has 491 valence electrons. The van der Waals surface area contributed by atoms with E-state index in [0.717, 1.165) is 77.9 Å². The summed E-state index contributed by atoms with van der Waals surface area (Å²) in [6, 6.07) is 62.1. The third-order valence-electron chi connectivity index (χ3n) is 17.4. The van der Waals surface area contributed by atoms with Crippen molar-refractivity contribution in [2.45, 2.75) is 79.9 Å². The maximum atomic E-state index is 12.7. The Hall–Kier alpha value is -10.4. The van der Waals surface area contributed by atoms with Gasteiger partial charge in [0.05, 0.1) is 90.5 Å². The van der Waals surface area contributed by atoms with Crippen molar-refractivity contribution in [2.75, 3.05) is 34.0 Å². The Morgan fingerprint density at radius 3 is 1.13 bits per heavy atom. The number of fused-ring (bicyclic) bond motifs is 2. The Morgan fingerprint density at radius 1 is 0.463 bits per heavy atom. The van der Waals surface area contributed by atoms with Gasteiger partial charge in [0.1, 0.15) is 30.5 Å². The van der Waals surface area contributed by atoms with Crippen molar-refractivity contribution >= 4 is 66.0 Å². The molecule has 3 fully saturated rings. The SMILES string of the molecule is C.CCOC(=O)[C@@]1(Cc2ccc(O)cc2)CC1C(=O)OC.CCOC(=O)[C@@]1(Cc2ccc(OCc3cc(-c4ccccc4)nc4ccccc34)cc2)CC1C(=O)O.CCOC(=O)[C@@]1(Cc2ccc(OCc3cc(-c4ccccc4)nc4ccccc34)cc2)CC1C(=O)OC.[2HH].[B]. The van der Waals surface area contributed by atoms with Gasteiger partial charge in [0.25, 0.3) is 0 Å². The second-order valence-corrected chi connectivity index (χ2v) is 23.4. The van der Waals surface area contributed by atoms with Gasteiger partial charge in [-0.3, -0.25) is 28.8 Å². The lowest BCUT2D eigenvalue weighted by molar-refractivity contribution is -0.154. The second-order valence-electron chi connectivity index (χ2n) is 23.4. The number of aromatic hydroxyl groups is 1. The van der Waals surface area contributed by atoms with Crippen LogP contribution < -0.4 is 9.47 Å². The topological polar surface area (TPSA) is 233 Å². The molecule has 0 spiro atoms. The standard InChI is InChI=1S/C31H29NO5.C30H27NO5.C15H18O5.CH4.B.H2/c1-3-36-30(34)31(19-26(31)29(33)35-2)18-21-13-15-24(16-14-21)37-20-23-17-28(22-9-5-4-6-10-22)32-27-12-8-7-11-25(23)27;1-2-35-29(34)30(18-25(30)28(32)33)17-20-12-14-23(15-13-20)36-19-22-16-27(21-8-4-3-5-9-21)31-26-11-7-6-10-24(22)26;1-3-20-14(18)15(9-12(15)13(17)19-2)8-10-4-6-11(16)7-5-10;;;/h4-17,26H,3,18-20H2,1-2H3;3-16,25H,2,17-19H2,1H3,(H,32,33);4-7,12,16H,3,8-9H2,1-2H3;1H4;;1H/t26?,31-;25?,30-;12?,15-;;;/m000.../s1/i;;;;;1+1. The first-order valence-corrected chi connectivity index (χ1v) is 31.1. The van der Waals surface area contributed by atoms with Crippen LogP contribution in [-0.4, -0.2) is 98.5 Å². The summed E-state index contributed by atoms with van der Waals surface area (Å²) in [7, 11) is 2.66. The number of benzene rings is 7. The minimum atomic E-state index is -0.978. The molecular formula is C77H80BN2O15. The molecule has 6 atom stereocenters. The molecule has 3 unspecified atom stereocenters. The van der Waals surface area contributed by atoms with Crippen molar-refractivity contribution in [1.29, 1.82) is 0 Å². The summed E-state index contributed by atoms with van der Waals surface area (Å²) in [5.74, 6) is -2.87. The number of esters is 5. The van der Waals surface area contributed by atoms with Gasteiger partial charge >= 0.3 is 35.8 Å². The summed E-state index contributed by atoms with van der Waals surface area (Å²) in [5.41, 5.74) is 7.86. The zero-order valence-electron chi connectivity index (χ0n) is 53.2. The maximum Gasteiger partial charge on any atom is 0.313 e. The van der Waals surface area contributed by atoms with E-state index in [2.05, 4.69) is 18.2 Å². The number of pyridine rings is 2. The Balaban J connectivity index is 0.000000209. The number of nitrogens with zero attached hydrogens (tertiary/aromatic N) is 2. The maximum absolute atomic E-state index is 12.7.